The highest BCUT2D eigenvalue weighted by Crippen LogP contribution is 2.47. The van der Waals surface area contributed by atoms with Gasteiger partial charge in [-0.05, 0) is 50.6 Å². The maximum absolute atomic E-state index is 13.7. The van der Waals surface area contributed by atoms with E-state index in [2.05, 4.69) is 15.6 Å². The highest BCUT2D eigenvalue weighted by atomic mass is 16.5. The number of benzene rings is 1. The van der Waals surface area contributed by atoms with Crippen LogP contribution in [-0.2, 0) is 9.59 Å². The number of carbonyl (C=O) groups is 2. The summed E-state index contributed by atoms with van der Waals surface area (Å²) in [4.78, 5) is 31.5. The summed E-state index contributed by atoms with van der Waals surface area (Å²) in [5.41, 5.74) is 3.40. The van der Waals surface area contributed by atoms with Gasteiger partial charge in [0.25, 0.3) is 5.91 Å². The van der Waals surface area contributed by atoms with Crippen molar-refractivity contribution >= 4 is 17.5 Å². The second-order valence-corrected chi connectivity index (χ2v) is 8.67. The number of aromatic nitrogens is 1. The zero-order valence-corrected chi connectivity index (χ0v) is 19.7. The molecule has 0 radical (unpaired) electrons. The Morgan fingerprint density at radius 3 is 2.71 bits per heavy atom. The van der Waals surface area contributed by atoms with Gasteiger partial charge in [0, 0.05) is 46.6 Å². The Bertz CT molecular complexity index is 1310. The van der Waals surface area contributed by atoms with Crippen LogP contribution in [-0.4, -0.2) is 23.3 Å². The van der Waals surface area contributed by atoms with Crippen LogP contribution in [0.1, 0.15) is 49.8 Å². The third kappa shape index (κ3) is 4.37. The van der Waals surface area contributed by atoms with E-state index in [1.165, 1.54) is 0 Å². The number of carbonyl (C=O) groups excluding carboxylic acids is 2. The van der Waals surface area contributed by atoms with Gasteiger partial charge in [0.1, 0.15) is 17.3 Å². The van der Waals surface area contributed by atoms with Crippen molar-refractivity contribution in [2.45, 2.75) is 38.5 Å². The molecule has 2 aliphatic rings. The SMILES string of the molecule is CCOc1ccccc1[C@@H]1C(C(=O)Nc2ccccn2)=C(C)NC2=C1C(=O)C[C@@H](c1ccco1)C2. The van der Waals surface area contributed by atoms with Gasteiger partial charge in [0.05, 0.1) is 18.8 Å². The summed E-state index contributed by atoms with van der Waals surface area (Å²) in [5, 5.41) is 6.28. The van der Waals surface area contributed by atoms with Crippen molar-refractivity contribution < 1.29 is 18.7 Å². The number of nitrogens with zero attached hydrogens (tertiary/aromatic N) is 1. The number of amides is 1. The Hall–Kier alpha value is -4.13. The fourth-order valence-corrected chi connectivity index (χ4v) is 5.00. The zero-order valence-electron chi connectivity index (χ0n) is 19.7. The van der Waals surface area contributed by atoms with Gasteiger partial charge < -0.3 is 19.8 Å². The van der Waals surface area contributed by atoms with Gasteiger partial charge in [-0.1, -0.05) is 24.3 Å². The largest absolute Gasteiger partial charge is 0.494 e. The number of ketones is 1. The molecule has 2 aromatic heterocycles. The van der Waals surface area contributed by atoms with Crippen molar-refractivity contribution in [1.82, 2.24) is 10.3 Å². The number of hydrogen-bond donors (Lipinski definition) is 2. The van der Waals surface area contributed by atoms with E-state index < -0.39 is 5.92 Å². The fourth-order valence-electron chi connectivity index (χ4n) is 5.00. The van der Waals surface area contributed by atoms with Crippen molar-refractivity contribution in [2.75, 3.05) is 11.9 Å². The third-order valence-electron chi connectivity index (χ3n) is 6.45. The summed E-state index contributed by atoms with van der Waals surface area (Å²) in [5.74, 6) is 0.960. The molecule has 5 rings (SSSR count). The minimum Gasteiger partial charge on any atom is -0.494 e. The van der Waals surface area contributed by atoms with Crippen LogP contribution in [0.15, 0.2) is 94.0 Å². The molecule has 178 valence electrons. The average molecular weight is 470 g/mol. The van der Waals surface area contributed by atoms with E-state index in [1.54, 1.807) is 24.6 Å². The molecule has 0 saturated carbocycles. The molecule has 35 heavy (non-hydrogen) atoms. The van der Waals surface area contributed by atoms with E-state index in [4.69, 9.17) is 9.15 Å². The Morgan fingerprint density at radius 2 is 1.97 bits per heavy atom. The first kappa shape index (κ1) is 22.7. The summed E-state index contributed by atoms with van der Waals surface area (Å²) >= 11 is 0. The molecule has 1 aliphatic carbocycles. The van der Waals surface area contributed by atoms with Crippen LogP contribution in [0.25, 0.3) is 0 Å². The molecule has 7 nitrogen and oxygen atoms in total. The second-order valence-electron chi connectivity index (χ2n) is 8.67. The molecule has 1 aromatic carbocycles. The summed E-state index contributed by atoms with van der Waals surface area (Å²) in [7, 11) is 0. The van der Waals surface area contributed by atoms with Crippen LogP contribution in [0.2, 0.25) is 0 Å². The quantitative estimate of drug-likeness (QED) is 0.523. The first-order valence-electron chi connectivity index (χ1n) is 11.8. The Kier molecular flexibility index (Phi) is 6.23. The van der Waals surface area contributed by atoms with Crippen molar-refractivity contribution in [3.05, 3.63) is 101 Å². The lowest BCUT2D eigenvalue weighted by molar-refractivity contribution is -0.116. The number of dihydropyridines is 1. The fraction of sp³-hybridized carbons (Fsp3) is 0.250. The maximum atomic E-state index is 13.7. The van der Waals surface area contributed by atoms with Crippen LogP contribution < -0.4 is 15.4 Å². The first-order valence-corrected chi connectivity index (χ1v) is 11.8. The van der Waals surface area contributed by atoms with E-state index in [0.717, 1.165) is 17.0 Å². The van der Waals surface area contributed by atoms with E-state index in [0.29, 0.717) is 47.9 Å². The summed E-state index contributed by atoms with van der Waals surface area (Å²) in [6.07, 6.45) is 4.19. The summed E-state index contributed by atoms with van der Waals surface area (Å²) < 4.78 is 11.5. The van der Waals surface area contributed by atoms with Crippen LogP contribution in [0.5, 0.6) is 5.75 Å². The summed E-state index contributed by atoms with van der Waals surface area (Å²) in [6, 6.07) is 16.7. The topological polar surface area (TPSA) is 93.5 Å². The van der Waals surface area contributed by atoms with Crippen LogP contribution in [0.3, 0.4) is 0 Å². The molecule has 0 unspecified atom stereocenters. The molecular formula is C28H27N3O4. The average Bonchev–Trinajstić information content (AvgIpc) is 3.39. The lowest BCUT2D eigenvalue weighted by atomic mass is 9.72. The van der Waals surface area contributed by atoms with Gasteiger partial charge >= 0.3 is 0 Å². The molecule has 0 saturated heterocycles. The molecule has 3 aromatic rings. The number of anilines is 1. The predicted molar refractivity (Wildman–Crippen MR) is 132 cm³/mol. The minimum atomic E-state index is -0.567. The molecule has 0 bridgehead atoms. The van der Waals surface area contributed by atoms with E-state index in [1.807, 2.05) is 56.3 Å². The highest BCUT2D eigenvalue weighted by Gasteiger charge is 2.42. The van der Waals surface area contributed by atoms with Crippen molar-refractivity contribution in [3.8, 4) is 5.75 Å². The molecule has 0 spiro atoms. The molecule has 7 heteroatoms. The molecular weight excluding hydrogens is 442 g/mol. The molecule has 0 fully saturated rings. The van der Waals surface area contributed by atoms with Gasteiger partial charge in [-0.15, -0.1) is 0 Å². The predicted octanol–water partition coefficient (Wildman–Crippen LogP) is 5.07. The summed E-state index contributed by atoms with van der Waals surface area (Å²) in [6.45, 7) is 4.26. The smallest absolute Gasteiger partial charge is 0.255 e. The Balaban J connectivity index is 1.61. The molecule has 1 amide bonds. The van der Waals surface area contributed by atoms with E-state index in [-0.39, 0.29) is 17.6 Å². The number of para-hydroxylation sites is 1. The highest BCUT2D eigenvalue weighted by molar-refractivity contribution is 6.09. The standard InChI is InChI=1S/C28H27N3O4/c1-3-34-23-10-5-4-9-19(23)26-25(28(33)31-24-12-6-7-13-29-24)17(2)30-20-15-18(16-21(32)27(20)26)22-11-8-14-35-22/h4-14,18,26,30H,3,15-16H2,1-2H3,(H,29,31,33)/t18-,26+/m0/s1. The van der Waals surface area contributed by atoms with Crippen LogP contribution in [0.4, 0.5) is 5.82 Å². The third-order valence-corrected chi connectivity index (χ3v) is 6.45. The second kappa shape index (κ2) is 9.62. The maximum Gasteiger partial charge on any atom is 0.255 e. The number of rotatable bonds is 6. The molecule has 2 N–H and O–H groups in total. The van der Waals surface area contributed by atoms with Gasteiger partial charge in [-0.2, -0.15) is 0 Å². The number of nitrogens with one attached hydrogen (secondary N) is 2. The van der Waals surface area contributed by atoms with Crippen molar-refractivity contribution in [2.24, 2.45) is 0 Å². The molecule has 2 atom stereocenters. The monoisotopic (exact) mass is 469 g/mol. The van der Waals surface area contributed by atoms with Gasteiger partial charge in [-0.25, -0.2) is 4.98 Å². The van der Waals surface area contributed by atoms with E-state index >= 15 is 0 Å². The first-order chi connectivity index (χ1) is 17.1. The number of Topliss-reactive ketones (excluding diaryl/α,β-unsaturated/α-hetero) is 1. The molecule has 1 aliphatic heterocycles. The number of pyridine rings is 1. The van der Waals surface area contributed by atoms with Gasteiger partial charge in [0.2, 0.25) is 0 Å². The zero-order chi connectivity index (χ0) is 24.4. The van der Waals surface area contributed by atoms with Crippen molar-refractivity contribution in [3.63, 3.8) is 0 Å². The van der Waals surface area contributed by atoms with Gasteiger partial charge in [0.15, 0.2) is 5.78 Å². The minimum absolute atomic E-state index is 0.00733. The van der Waals surface area contributed by atoms with Crippen molar-refractivity contribution in [1.29, 1.82) is 0 Å². The number of hydrogen-bond acceptors (Lipinski definition) is 6. The van der Waals surface area contributed by atoms with Gasteiger partial charge in [-0.3, -0.25) is 9.59 Å². The van der Waals surface area contributed by atoms with Crippen LogP contribution >= 0.6 is 0 Å². The number of allylic oxidation sites excluding steroid dienone is 3. The number of ether oxygens (including phenoxy) is 1. The van der Waals surface area contributed by atoms with Crippen LogP contribution in [0, 0.1) is 0 Å². The lowest BCUT2D eigenvalue weighted by Gasteiger charge is -2.36. The normalized spacial score (nSPS) is 19.8. The Morgan fingerprint density at radius 1 is 1.14 bits per heavy atom. The lowest BCUT2D eigenvalue weighted by Crippen LogP contribution is -2.37. The molecule has 3 heterocycles. The van der Waals surface area contributed by atoms with E-state index in [9.17, 15) is 9.59 Å². The Labute approximate surface area is 203 Å². The number of furan rings is 1.